The van der Waals surface area contributed by atoms with Gasteiger partial charge in [0.15, 0.2) is 5.11 Å². The number of hydrogen-bond acceptors (Lipinski definition) is 3. The highest BCUT2D eigenvalue weighted by Gasteiger charge is 1.93. The number of nitrogens with one attached hydrogen (secondary N) is 2. The van der Waals surface area contributed by atoms with E-state index in [0.717, 1.165) is 11.3 Å². The van der Waals surface area contributed by atoms with Crippen molar-refractivity contribution in [3.8, 4) is 0 Å². The number of thiocarbonyl (C=S) groups is 1. The summed E-state index contributed by atoms with van der Waals surface area (Å²) in [6, 6.07) is 7.42. The van der Waals surface area contributed by atoms with Gasteiger partial charge in [-0.05, 0) is 36.0 Å². The average molecular weight is 262 g/mol. The van der Waals surface area contributed by atoms with Crippen molar-refractivity contribution in [3.05, 3.63) is 35.9 Å². The summed E-state index contributed by atoms with van der Waals surface area (Å²) in [6.07, 6.45) is 5.15. The van der Waals surface area contributed by atoms with E-state index in [4.69, 9.17) is 5.73 Å². The monoisotopic (exact) mass is 262 g/mol. The molecule has 0 atom stereocenters. The largest absolute Gasteiger partial charge is 0.375 e. The van der Waals surface area contributed by atoms with Crippen LogP contribution in [0.15, 0.2) is 35.4 Å². The Morgan fingerprint density at radius 1 is 1.39 bits per heavy atom. The highest BCUT2D eigenvalue weighted by molar-refractivity contribution is 7.80. The molecule has 1 rings (SSSR count). The highest BCUT2D eigenvalue weighted by atomic mass is 32.1. The molecule has 0 spiro atoms. The van der Waals surface area contributed by atoms with Crippen LogP contribution in [0.3, 0.4) is 0 Å². The number of allylic oxidation sites excluding steroid dienone is 1. The first-order chi connectivity index (χ1) is 8.58. The van der Waals surface area contributed by atoms with Crippen molar-refractivity contribution < 1.29 is 4.79 Å². The third-order valence-corrected chi connectivity index (χ3v) is 1.95. The zero-order valence-electron chi connectivity index (χ0n) is 9.88. The predicted octanol–water partition coefficient (Wildman–Crippen LogP) is 1.48. The van der Waals surface area contributed by atoms with Crippen LogP contribution in [0.1, 0.15) is 12.5 Å². The first-order valence-corrected chi connectivity index (χ1v) is 5.61. The molecule has 0 unspecified atom stereocenters. The SMILES string of the molecule is CC(=O)Nc1ccc(C=CC=NNC(N)=S)cc1. The number of amides is 1. The summed E-state index contributed by atoms with van der Waals surface area (Å²) in [5, 5.41) is 6.58. The lowest BCUT2D eigenvalue weighted by Crippen LogP contribution is -2.23. The fourth-order valence-corrected chi connectivity index (χ4v) is 1.23. The van der Waals surface area contributed by atoms with Crippen molar-refractivity contribution in [2.24, 2.45) is 10.8 Å². The molecule has 0 radical (unpaired) electrons. The van der Waals surface area contributed by atoms with E-state index in [1.807, 2.05) is 30.3 Å². The van der Waals surface area contributed by atoms with Gasteiger partial charge in [-0.3, -0.25) is 10.2 Å². The second-order valence-electron chi connectivity index (χ2n) is 3.42. The number of carbonyl (C=O) groups excluding carboxylic acids is 1. The number of rotatable bonds is 4. The topological polar surface area (TPSA) is 79.5 Å². The number of hydrazone groups is 1. The molecule has 0 heterocycles. The molecule has 1 amide bonds. The molecular formula is C12H14N4OS. The maximum Gasteiger partial charge on any atom is 0.221 e. The molecule has 6 heteroatoms. The van der Waals surface area contributed by atoms with Gasteiger partial charge >= 0.3 is 0 Å². The predicted molar refractivity (Wildman–Crippen MR) is 78.2 cm³/mol. The maximum absolute atomic E-state index is 10.8. The van der Waals surface area contributed by atoms with E-state index in [-0.39, 0.29) is 11.0 Å². The van der Waals surface area contributed by atoms with E-state index in [1.165, 1.54) is 6.92 Å². The summed E-state index contributed by atoms with van der Waals surface area (Å²) < 4.78 is 0. The van der Waals surface area contributed by atoms with Crippen LogP contribution in [0, 0.1) is 0 Å². The van der Waals surface area contributed by atoms with Gasteiger partial charge in [-0.1, -0.05) is 18.2 Å². The molecule has 0 aliphatic rings. The molecular weight excluding hydrogens is 248 g/mol. The summed E-state index contributed by atoms with van der Waals surface area (Å²) in [5.74, 6) is -0.0887. The number of benzene rings is 1. The summed E-state index contributed by atoms with van der Waals surface area (Å²) in [5.41, 5.74) is 9.39. The van der Waals surface area contributed by atoms with Crippen molar-refractivity contribution in [3.63, 3.8) is 0 Å². The Kier molecular flexibility index (Phi) is 5.53. The molecule has 0 fully saturated rings. The maximum atomic E-state index is 10.8. The van der Waals surface area contributed by atoms with Gasteiger partial charge in [0.1, 0.15) is 0 Å². The number of nitrogens with two attached hydrogens (primary N) is 1. The Morgan fingerprint density at radius 2 is 2.06 bits per heavy atom. The molecule has 94 valence electrons. The standard InChI is InChI=1S/C12H14N4OS/c1-9(17)15-11-6-4-10(5-7-11)3-2-8-14-16-12(13)18/h2-8H,1H3,(H,15,17)(H3,13,16,18). The van der Waals surface area contributed by atoms with Gasteiger partial charge in [0.25, 0.3) is 0 Å². The van der Waals surface area contributed by atoms with Gasteiger partial charge < -0.3 is 11.1 Å². The molecule has 0 saturated carbocycles. The molecule has 0 saturated heterocycles. The summed E-state index contributed by atoms with van der Waals surface area (Å²) in [6.45, 7) is 1.47. The molecule has 0 bridgehead atoms. The minimum Gasteiger partial charge on any atom is -0.375 e. The second kappa shape index (κ2) is 7.18. The molecule has 5 nitrogen and oxygen atoms in total. The van der Waals surface area contributed by atoms with Crippen molar-refractivity contribution >= 4 is 41.2 Å². The molecule has 1 aromatic carbocycles. The van der Waals surface area contributed by atoms with Crippen LogP contribution < -0.4 is 16.5 Å². The Balaban J connectivity index is 2.53. The van der Waals surface area contributed by atoms with Gasteiger partial charge in [-0.15, -0.1) is 0 Å². The van der Waals surface area contributed by atoms with Gasteiger partial charge in [0, 0.05) is 18.8 Å². The molecule has 0 aliphatic heterocycles. The fraction of sp³-hybridized carbons (Fsp3) is 0.0833. The average Bonchev–Trinajstić information content (AvgIpc) is 2.30. The smallest absolute Gasteiger partial charge is 0.221 e. The van der Waals surface area contributed by atoms with Crippen molar-refractivity contribution in [1.29, 1.82) is 0 Å². The Labute approximate surface area is 111 Å². The minimum atomic E-state index is -0.0887. The second-order valence-corrected chi connectivity index (χ2v) is 3.86. The zero-order valence-corrected chi connectivity index (χ0v) is 10.7. The van der Waals surface area contributed by atoms with Crippen LogP contribution in [0.5, 0.6) is 0 Å². The molecule has 18 heavy (non-hydrogen) atoms. The molecule has 4 N–H and O–H groups in total. The van der Waals surface area contributed by atoms with E-state index in [1.54, 1.807) is 12.3 Å². The van der Waals surface area contributed by atoms with Crippen molar-refractivity contribution in [2.45, 2.75) is 6.92 Å². The summed E-state index contributed by atoms with van der Waals surface area (Å²) in [4.78, 5) is 10.8. The van der Waals surface area contributed by atoms with E-state index in [9.17, 15) is 4.79 Å². The zero-order chi connectivity index (χ0) is 13.4. The van der Waals surface area contributed by atoms with Crippen LogP contribution in [-0.2, 0) is 4.79 Å². The van der Waals surface area contributed by atoms with Crippen LogP contribution in [-0.4, -0.2) is 17.2 Å². The van der Waals surface area contributed by atoms with Crippen LogP contribution >= 0.6 is 12.2 Å². The van der Waals surface area contributed by atoms with Crippen molar-refractivity contribution in [2.75, 3.05) is 5.32 Å². The normalized spacial score (nSPS) is 10.7. The summed E-state index contributed by atoms with van der Waals surface area (Å²) >= 11 is 4.58. The summed E-state index contributed by atoms with van der Waals surface area (Å²) in [7, 11) is 0. The Morgan fingerprint density at radius 3 is 2.61 bits per heavy atom. The first-order valence-electron chi connectivity index (χ1n) is 5.21. The Hall–Kier alpha value is -2.21. The lowest BCUT2D eigenvalue weighted by molar-refractivity contribution is -0.114. The quantitative estimate of drug-likeness (QED) is 0.436. The van der Waals surface area contributed by atoms with Crippen molar-refractivity contribution in [1.82, 2.24) is 5.43 Å². The van der Waals surface area contributed by atoms with E-state index in [0.29, 0.717) is 0 Å². The lowest BCUT2D eigenvalue weighted by Gasteiger charge is -2.01. The molecule has 1 aromatic rings. The van der Waals surface area contributed by atoms with E-state index < -0.39 is 0 Å². The van der Waals surface area contributed by atoms with Crippen LogP contribution in [0.25, 0.3) is 6.08 Å². The van der Waals surface area contributed by atoms with Gasteiger partial charge in [-0.2, -0.15) is 5.10 Å². The third kappa shape index (κ3) is 5.76. The van der Waals surface area contributed by atoms with Gasteiger partial charge in [0.2, 0.25) is 5.91 Å². The fourth-order valence-electron chi connectivity index (χ4n) is 1.18. The van der Waals surface area contributed by atoms with Gasteiger partial charge in [0.05, 0.1) is 0 Å². The van der Waals surface area contributed by atoms with Crippen LogP contribution in [0.4, 0.5) is 5.69 Å². The van der Waals surface area contributed by atoms with E-state index in [2.05, 4.69) is 28.1 Å². The molecule has 0 aromatic heterocycles. The number of hydrogen-bond donors (Lipinski definition) is 3. The number of nitrogens with zero attached hydrogens (tertiary/aromatic N) is 1. The Bertz CT molecular complexity index is 479. The highest BCUT2D eigenvalue weighted by Crippen LogP contribution is 2.10. The minimum absolute atomic E-state index is 0.0887. The molecule has 0 aliphatic carbocycles. The lowest BCUT2D eigenvalue weighted by atomic mass is 10.2. The van der Waals surface area contributed by atoms with Gasteiger partial charge in [-0.25, -0.2) is 0 Å². The first kappa shape index (κ1) is 13.9. The third-order valence-electron chi connectivity index (χ3n) is 1.86. The van der Waals surface area contributed by atoms with E-state index >= 15 is 0 Å². The number of carbonyl (C=O) groups is 1. The number of anilines is 1. The van der Waals surface area contributed by atoms with Crippen LogP contribution in [0.2, 0.25) is 0 Å².